The highest BCUT2D eigenvalue weighted by atomic mass is 16.5. The Balaban J connectivity index is 1.77. The lowest BCUT2D eigenvalue weighted by Gasteiger charge is -2.32. The molecule has 0 radical (unpaired) electrons. The average molecular weight is 288 g/mol. The molecule has 1 fully saturated rings. The molecule has 1 heterocycles. The first kappa shape index (κ1) is 16.1. The van der Waals surface area contributed by atoms with Crippen LogP contribution in [0.4, 0.5) is 0 Å². The Hall–Kier alpha value is -1.32. The summed E-state index contributed by atoms with van der Waals surface area (Å²) in [5.41, 5.74) is 2.46. The molecule has 0 bridgehead atoms. The van der Waals surface area contributed by atoms with Crippen molar-refractivity contribution >= 4 is 0 Å². The molecule has 3 heteroatoms. The van der Waals surface area contributed by atoms with E-state index in [-0.39, 0.29) is 0 Å². The van der Waals surface area contributed by atoms with Crippen LogP contribution in [0.25, 0.3) is 0 Å². The first-order valence-corrected chi connectivity index (χ1v) is 7.94. The highest BCUT2D eigenvalue weighted by Crippen LogP contribution is 2.24. The monoisotopic (exact) mass is 288 g/mol. The van der Waals surface area contributed by atoms with E-state index in [9.17, 15) is 0 Å². The van der Waals surface area contributed by atoms with Crippen LogP contribution in [0.5, 0.6) is 5.75 Å². The van der Waals surface area contributed by atoms with Crippen LogP contribution in [0.2, 0.25) is 0 Å². The molecule has 1 aliphatic rings. The molecule has 0 amide bonds. The zero-order chi connectivity index (χ0) is 15.1. The topological polar surface area (TPSA) is 15.7 Å². The molecule has 0 atom stereocenters. The molecule has 116 valence electrons. The maximum absolute atomic E-state index is 6.05. The Bertz CT molecular complexity index is 451. The number of aryl methyl sites for hydroxylation is 1. The van der Waals surface area contributed by atoms with E-state index >= 15 is 0 Å². The summed E-state index contributed by atoms with van der Waals surface area (Å²) < 4.78 is 6.05. The molecule has 3 nitrogen and oxygen atoms in total. The highest BCUT2D eigenvalue weighted by molar-refractivity contribution is 5.41. The van der Waals surface area contributed by atoms with Crippen molar-refractivity contribution in [3.8, 4) is 5.75 Å². The fraction of sp³-hybridized carbons (Fsp3) is 0.556. The number of nitrogens with zero attached hydrogens (tertiary/aromatic N) is 2. The van der Waals surface area contributed by atoms with Crippen molar-refractivity contribution in [2.75, 3.05) is 46.4 Å². The molecule has 21 heavy (non-hydrogen) atoms. The third-order valence-corrected chi connectivity index (χ3v) is 4.12. The lowest BCUT2D eigenvalue weighted by molar-refractivity contribution is 0.145. The first-order chi connectivity index (χ1) is 10.2. The number of hydrogen-bond donors (Lipinski definition) is 0. The van der Waals surface area contributed by atoms with Gasteiger partial charge in [0.2, 0.25) is 0 Å². The molecule has 1 saturated heterocycles. The first-order valence-electron chi connectivity index (χ1n) is 7.94. The van der Waals surface area contributed by atoms with Gasteiger partial charge in [-0.25, -0.2) is 0 Å². The molecule has 1 aromatic carbocycles. The second-order valence-corrected chi connectivity index (χ2v) is 5.90. The summed E-state index contributed by atoms with van der Waals surface area (Å²) in [7, 11) is 2.19. The number of ether oxygens (including phenoxy) is 1. The molecular weight excluding hydrogens is 260 g/mol. The van der Waals surface area contributed by atoms with E-state index in [1.165, 1.54) is 37.3 Å². The van der Waals surface area contributed by atoms with Gasteiger partial charge in [-0.05, 0) is 37.9 Å². The van der Waals surface area contributed by atoms with E-state index in [2.05, 4.69) is 48.5 Å². The Morgan fingerprint density at radius 3 is 2.71 bits per heavy atom. The second-order valence-electron chi connectivity index (χ2n) is 5.90. The van der Waals surface area contributed by atoms with E-state index < -0.39 is 0 Å². The normalized spacial score (nSPS) is 16.9. The molecule has 0 aromatic heterocycles. The Morgan fingerprint density at radius 1 is 1.24 bits per heavy atom. The largest absolute Gasteiger partial charge is 0.493 e. The summed E-state index contributed by atoms with van der Waals surface area (Å²) in [6.45, 7) is 12.6. The molecular formula is C18H28N2O. The van der Waals surface area contributed by atoms with Gasteiger partial charge in [-0.3, -0.25) is 0 Å². The van der Waals surface area contributed by atoms with Gasteiger partial charge in [-0.15, -0.1) is 6.58 Å². The maximum Gasteiger partial charge on any atom is 0.125 e. The lowest BCUT2D eigenvalue weighted by Crippen LogP contribution is -2.44. The lowest BCUT2D eigenvalue weighted by atomic mass is 10.1. The number of piperazine rings is 1. The summed E-state index contributed by atoms with van der Waals surface area (Å²) in [5, 5.41) is 0. The highest BCUT2D eigenvalue weighted by Gasteiger charge is 2.13. The van der Waals surface area contributed by atoms with Crippen molar-refractivity contribution in [3.63, 3.8) is 0 Å². The van der Waals surface area contributed by atoms with Crippen molar-refractivity contribution in [3.05, 3.63) is 42.0 Å². The summed E-state index contributed by atoms with van der Waals surface area (Å²) in [4.78, 5) is 4.92. The van der Waals surface area contributed by atoms with Gasteiger partial charge in [0, 0.05) is 32.7 Å². The smallest absolute Gasteiger partial charge is 0.125 e. The number of benzene rings is 1. The van der Waals surface area contributed by atoms with E-state index in [0.717, 1.165) is 31.7 Å². The van der Waals surface area contributed by atoms with Crippen LogP contribution in [0, 0.1) is 6.92 Å². The Morgan fingerprint density at radius 2 is 2.00 bits per heavy atom. The number of para-hydroxylation sites is 1. The van der Waals surface area contributed by atoms with E-state index in [1.54, 1.807) is 0 Å². The SMILES string of the molecule is C=CCc1cccc(C)c1OCCCN1CCN(C)CC1. The van der Waals surface area contributed by atoms with Crippen LogP contribution < -0.4 is 4.74 Å². The van der Waals surface area contributed by atoms with Crippen molar-refractivity contribution < 1.29 is 4.74 Å². The number of allylic oxidation sites excluding steroid dienone is 1. The van der Waals surface area contributed by atoms with Gasteiger partial charge in [0.25, 0.3) is 0 Å². The van der Waals surface area contributed by atoms with Crippen LogP contribution in [-0.2, 0) is 6.42 Å². The molecule has 1 aliphatic heterocycles. The van der Waals surface area contributed by atoms with Crippen molar-refractivity contribution in [2.45, 2.75) is 19.8 Å². The minimum absolute atomic E-state index is 0.793. The summed E-state index contributed by atoms with van der Waals surface area (Å²) in [5.74, 6) is 1.05. The fourth-order valence-electron chi connectivity index (χ4n) is 2.77. The van der Waals surface area contributed by atoms with Crippen LogP contribution in [-0.4, -0.2) is 56.2 Å². The third kappa shape index (κ3) is 4.87. The van der Waals surface area contributed by atoms with E-state index in [1.807, 2.05) is 6.08 Å². The van der Waals surface area contributed by atoms with Crippen molar-refractivity contribution in [2.24, 2.45) is 0 Å². The zero-order valence-corrected chi connectivity index (χ0v) is 13.5. The molecule has 0 saturated carbocycles. The van der Waals surface area contributed by atoms with Gasteiger partial charge in [0.1, 0.15) is 5.75 Å². The van der Waals surface area contributed by atoms with Crippen LogP contribution in [0.15, 0.2) is 30.9 Å². The summed E-state index contributed by atoms with van der Waals surface area (Å²) in [6, 6.07) is 6.33. The third-order valence-electron chi connectivity index (χ3n) is 4.12. The van der Waals surface area contributed by atoms with Gasteiger partial charge in [-0.1, -0.05) is 24.3 Å². The van der Waals surface area contributed by atoms with Crippen LogP contribution >= 0.6 is 0 Å². The van der Waals surface area contributed by atoms with E-state index in [0.29, 0.717) is 0 Å². The molecule has 0 N–H and O–H groups in total. The summed E-state index contributed by atoms with van der Waals surface area (Å²) in [6.07, 6.45) is 3.90. The predicted octanol–water partition coefficient (Wildman–Crippen LogP) is 2.74. The minimum atomic E-state index is 0.793. The van der Waals surface area contributed by atoms with Gasteiger partial charge in [0.15, 0.2) is 0 Å². The molecule has 0 aliphatic carbocycles. The zero-order valence-electron chi connectivity index (χ0n) is 13.5. The Labute approximate surface area is 129 Å². The number of hydrogen-bond acceptors (Lipinski definition) is 3. The second kappa shape index (κ2) is 8.20. The molecule has 1 aromatic rings. The van der Waals surface area contributed by atoms with Gasteiger partial charge in [0.05, 0.1) is 6.61 Å². The molecule has 2 rings (SSSR count). The van der Waals surface area contributed by atoms with Gasteiger partial charge in [-0.2, -0.15) is 0 Å². The summed E-state index contributed by atoms with van der Waals surface area (Å²) >= 11 is 0. The van der Waals surface area contributed by atoms with Gasteiger partial charge < -0.3 is 14.5 Å². The van der Waals surface area contributed by atoms with Crippen LogP contribution in [0.3, 0.4) is 0 Å². The van der Waals surface area contributed by atoms with E-state index in [4.69, 9.17) is 4.74 Å². The fourth-order valence-corrected chi connectivity index (χ4v) is 2.77. The Kier molecular flexibility index (Phi) is 6.27. The standard InChI is InChI=1S/C18H28N2O/c1-4-7-17-9-5-8-16(2)18(17)21-15-6-10-20-13-11-19(3)12-14-20/h4-5,8-9H,1,6-7,10-15H2,2-3H3. The van der Waals surface area contributed by atoms with Crippen molar-refractivity contribution in [1.82, 2.24) is 9.80 Å². The molecule has 0 unspecified atom stereocenters. The quantitative estimate of drug-likeness (QED) is 0.567. The van der Waals surface area contributed by atoms with Gasteiger partial charge >= 0.3 is 0 Å². The predicted molar refractivity (Wildman–Crippen MR) is 89.1 cm³/mol. The number of rotatable bonds is 7. The maximum atomic E-state index is 6.05. The van der Waals surface area contributed by atoms with Crippen molar-refractivity contribution in [1.29, 1.82) is 0 Å². The number of likely N-dealkylation sites (N-methyl/N-ethyl adjacent to an activating group) is 1. The van der Waals surface area contributed by atoms with Crippen LogP contribution in [0.1, 0.15) is 17.5 Å². The minimum Gasteiger partial charge on any atom is -0.493 e. The molecule has 0 spiro atoms. The average Bonchev–Trinajstić information content (AvgIpc) is 2.48.